The third-order valence-corrected chi connectivity index (χ3v) is 6.91. The molecule has 0 saturated carbocycles. The zero-order valence-electron chi connectivity index (χ0n) is 18.4. The standard InChI is InChI=1S/C23H18N4O8S/c28-18(10-13-4-2-1-3-5-13)24-19-21(29)25-20(23(30)31)15(12-36-22(19)25)7-6-14-8-9-16(26(32)33)11-17(14)27(34)35/h1-9,11,19,22H,10,12H2,(H,24,28)(H,30,31)/b7-6+/t19-,22+/m1/s1. The Hall–Kier alpha value is -4.52. The van der Waals surface area contributed by atoms with Crippen LogP contribution in [0.3, 0.4) is 0 Å². The fourth-order valence-electron chi connectivity index (χ4n) is 3.91. The van der Waals surface area contributed by atoms with Crippen molar-refractivity contribution in [2.75, 3.05) is 5.75 Å². The number of nitro benzene ring substituents is 2. The molecular weight excluding hydrogens is 492 g/mol. The molecule has 2 N–H and O–H groups in total. The highest BCUT2D eigenvalue weighted by Crippen LogP contribution is 2.41. The first-order valence-corrected chi connectivity index (χ1v) is 11.6. The minimum absolute atomic E-state index is 0.0379. The molecule has 0 aromatic heterocycles. The van der Waals surface area contributed by atoms with Crippen LogP contribution in [-0.2, 0) is 20.8 Å². The number of carboxylic acid groups (broad SMARTS) is 1. The molecule has 1 saturated heterocycles. The number of hydrogen-bond donors (Lipinski definition) is 2. The molecule has 0 radical (unpaired) electrons. The molecule has 2 amide bonds. The summed E-state index contributed by atoms with van der Waals surface area (Å²) in [6.07, 6.45) is 2.70. The molecule has 2 aromatic rings. The maximum Gasteiger partial charge on any atom is 0.352 e. The molecule has 0 bridgehead atoms. The first-order valence-electron chi connectivity index (χ1n) is 10.5. The second kappa shape index (κ2) is 10.00. The molecule has 2 atom stereocenters. The maximum absolute atomic E-state index is 12.8. The largest absolute Gasteiger partial charge is 0.477 e. The van der Waals surface area contributed by atoms with E-state index in [1.165, 1.54) is 30.0 Å². The van der Waals surface area contributed by atoms with Gasteiger partial charge in [-0.25, -0.2) is 4.79 Å². The molecular formula is C23H18N4O8S. The number of rotatable bonds is 8. The summed E-state index contributed by atoms with van der Waals surface area (Å²) in [6.45, 7) is 0. The number of hydrogen-bond acceptors (Lipinski definition) is 8. The van der Waals surface area contributed by atoms with E-state index in [0.29, 0.717) is 0 Å². The van der Waals surface area contributed by atoms with Gasteiger partial charge < -0.3 is 10.4 Å². The molecule has 1 fully saturated rings. The number of nitrogens with zero attached hydrogens (tertiary/aromatic N) is 3. The van der Waals surface area contributed by atoms with Gasteiger partial charge in [0.05, 0.1) is 27.9 Å². The number of β-lactam (4-membered cyclic amide) rings is 1. The predicted molar refractivity (Wildman–Crippen MR) is 129 cm³/mol. The Labute approximate surface area is 207 Å². The highest BCUT2D eigenvalue weighted by atomic mass is 32.2. The van der Waals surface area contributed by atoms with Crippen molar-refractivity contribution in [1.29, 1.82) is 0 Å². The number of carboxylic acids is 1. The molecule has 2 aliphatic heterocycles. The van der Waals surface area contributed by atoms with Gasteiger partial charge in [0, 0.05) is 11.8 Å². The van der Waals surface area contributed by atoms with Crippen molar-refractivity contribution in [2.24, 2.45) is 0 Å². The number of amides is 2. The van der Waals surface area contributed by atoms with E-state index in [4.69, 9.17) is 0 Å². The minimum atomic E-state index is -1.36. The Bertz CT molecular complexity index is 1340. The lowest BCUT2D eigenvalue weighted by Crippen LogP contribution is -2.70. The number of benzene rings is 2. The fourth-order valence-corrected chi connectivity index (χ4v) is 5.23. The topological polar surface area (TPSA) is 173 Å². The number of non-ortho nitro benzene ring substituents is 1. The summed E-state index contributed by atoms with van der Waals surface area (Å²) < 4.78 is 0. The van der Waals surface area contributed by atoms with Crippen LogP contribution in [0.25, 0.3) is 6.08 Å². The number of nitro groups is 2. The Morgan fingerprint density at radius 3 is 2.47 bits per heavy atom. The summed E-state index contributed by atoms with van der Waals surface area (Å²) in [6, 6.07) is 11.2. The summed E-state index contributed by atoms with van der Waals surface area (Å²) in [5.74, 6) is -2.13. The van der Waals surface area contributed by atoms with Crippen molar-refractivity contribution in [3.63, 3.8) is 0 Å². The first kappa shape index (κ1) is 24.6. The van der Waals surface area contributed by atoms with Crippen LogP contribution >= 0.6 is 11.8 Å². The number of carbonyl (C=O) groups excluding carboxylic acids is 2. The van der Waals surface area contributed by atoms with Gasteiger partial charge >= 0.3 is 5.97 Å². The number of fused-ring (bicyclic) bond motifs is 1. The van der Waals surface area contributed by atoms with Gasteiger partial charge in [-0.1, -0.05) is 36.4 Å². The molecule has 2 aliphatic rings. The van der Waals surface area contributed by atoms with E-state index >= 15 is 0 Å². The lowest BCUT2D eigenvalue weighted by atomic mass is 10.0. The summed E-state index contributed by atoms with van der Waals surface area (Å²) in [5, 5.41) is 34.1. The van der Waals surface area contributed by atoms with Gasteiger partial charge in [0.25, 0.3) is 17.3 Å². The van der Waals surface area contributed by atoms with Gasteiger partial charge in [-0.15, -0.1) is 11.8 Å². The minimum Gasteiger partial charge on any atom is -0.477 e. The molecule has 2 heterocycles. The van der Waals surface area contributed by atoms with E-state index in [9.17, 15) is 39.7 Å². The smallest absolute Gasteiger partial charge is 0.352 e. The van der Waals surface area contributed by atoms with E-state index < -0.39 is 44.5 Å². The quantitative estimate of drug-likeness (QED) is 0.307. The molecule has 4 rings (SSSR count). The van der Waals surface area contributed by atoms with Crippen LogP contribution in [0.4, 0.5) is 11.4 Å². The molecule has 12 nitrogen and oxygen atoms in total. The summed E-state index contributed by atoms with van der Waals surface area (Å²) in [5.41, 5.74) is -0.200. The second-order valence-corrected chi connectivity index (χ2v) is 8.99. The van der Waals surface area contributed by atoms with Crippen LogP contribution in [-0.4, -0.2) is 54.8 Å². The zero-order valence-corrected chi connectivity index (χ0v) is 19.2. The van der Waals surface area contributed by atoms with Crippen molar-refractivity contribution < 1.29 is 29.3 Å². The van der Waals surface area contributed by atoms with Crippen LogP contribution in [0.1, 0.15) is 11.1 Å². The average molecular weight is 510 g/mol. The lowest BCUT2D eigenvalue weighted by Gasteiger charge is -2.49. The summed E-state index contributed by atoms with van der Waals surface area (Å²) >= 11 is 1.25. The Morgan fingerprint density at radius 1 is 1.11 bits per heavy atom. The van der Waals surface area contributed by atoms with E-state index in [1.807, 2.05) is 6.07 Å². The van der Waals surface area contributed by atoms with Crippen molar-refractivity contribution in [1.82, 2.24) is 10.2 Å². The van der Waals surface area contributed by atoms with Crippen molar-refractivity contribution in [2.45, 2.75) is 17.8 Å². The zero-order chi connectivity index (χ0) is 26.0. The third-order valence-electron chi connectivity index (χ3n) is 5.61. The molecule has 184 valence electrons. The normalized spacial score (nSPS) is 19.0. The number of aliphatic carboxylic acids is 1. The van der Waals surface area contributed by atoms with E-state index in [2.05, 4.69) is 5.32 Å². The van der Waals surface area contributed by atoms with Gasteiger partial charge in [-0.2, -0.15) is 0 Å². The number of carbonyl (C=O) groups is 3. The maximum atomic E-state index is 12.8. The fraction of sp³-hybridized carbons (Fsp3) is 0.174. The molecule has 0 aliphatic carbocycles. The highest BCUT2D eigenvalue weighted by Gasteiger charge is 2.53. The second-order valence-electron chi connectivity index (χ2n) is 7.89. The van der Waals surface area contributed by atoms with Gasteiger partial charge in [0.1, 0.15) is 17.1 Å². The van der Waals surface area contributed by atoms with Crippen LogP contribution < -0.4 is 5.32 Å². The van der Waals surface area contributed by atoms with Crippen LogP contribution in [0, 0.1) is 20.2 Å². The molecule has 36 heavy (non-hydrogen) atoms. The van der Waals surface area contributed by atoms with E-state index in [-0.39, 0.29) is 34.9 Å². The average Bonchev–Trinajstić information content (AvgIpc) is 2.85. The first-order chi connectivity index (χ1) is 17.2. The lowest BCUT2D eigenvalue weighted by molar-refractivity contribution is -0.394. The highest BCUT2D eigenvalue weighted by molar-refractivity contribution is 8.00. The van der Waals surface area contributed by atoms with Gasteiger partial charge in [0.2, 0.25) is 5.91 Å². The van der Waals surface area contributed by atoms with E-state index in [1.54, 1.807) is 24.3 Å². The third kappa shape index (κ3) is 4.81. The molecule has 0 spiro atoms. The molecule has 2 aromatic carbocycles. The van der Waals surface area contributed by atoms with Crippen LogP contribution in [0.15, 0.2) is 65.9 Å². The number of allylic oxidation sites excluding steroid dienone is 1. The van der Waals surface area contributed by atoms with Crippen molar-refractivity contribution in [3.8, 4) is 0 Å². The SMILES string of the molecule is O=C(Cc1ccccc1)N[C@@H]1C(=O)N2C(C(=O)O)=C(/C=C/c3ccc([N+](=O)[O-])cc3[N+](=O)[O-])CS[C@@H]12. The van der Waals surface area contributed by atoms with Gasteiger partial charge in [-0.3, -0.25) is 34.7 Å². The molecule has 0 unspecified atom stereocenters. The van der Waals surface area contributed by atoms with Gasteiger partial charge in [-0.05, 0) is 23.3 Å². The monoisotopic (exact) mass is 510 g/mol. The van der Waals surface area contributed by atoms with Crippen molar-refractivity contribution in [3.05, 3.63) is 97.2 Å². The van der Waals surface area contributed by atoms with Gasteiger partial charge in [0.15, 0.2) is 0 Å². The van der Waals surface area contributed by atoms with Crippen LogP contribution in [0.5, 0.6) is 0 Å². The molecule has 13 heteroatoms. The Balaban J connectivity index is 1.54. The predicted octanol–water partition coefficient (Wildman–Crippen LogP) is 2.50. The summed E-state index contributed by atoms with van der Waals surface area (Å²) in [4.78, 5) is 59.0. The Morgan fingerprint density at radius 2 is 1.83 bits per heavy atom. The van der Waals surface area contributed by atoms with Crippen LogP contribution in [0.2, 0.25) is 0 Å². The number of nitrogens with one attached hydrogen (secondary N) is 1. The Kier molecular flexibility index (Phi) is 6.83. The van der Waals surface area contributed by atoms with Crippen molar-refractivity contribution >= 4 is 47.0 Å². The summed E-state index contributed by atoms with van der Waals surface area (Å²) in [7, 11) is 0. The number of thioether (sulfide) groups is 1. The van der Waals surface area contributed by atoms with E-state index in [0.717, 1.165) is 22.6 Å².